The van der Waals surface area contributed by atoms with Crippen LogP contribution in [0.4, 0.5) is 32.2 Å². The van der Waals surface area contributed by atoms with Crippen molar-refractivity contribution in [1.29, 1.82) is 0 Å². The number of pyridine rings is 2. The van der Waals surface area contributed by atoms with Crippen LogP contribution in [0, 0.1) is 0 Å². The molecular weight excluding hydrogens is 480 g/mol. The number of hydrogen-bond donors (Lipinski definition) is 2. The molecule has 37 heavy (non-hydrogen) atoms. The number of fused-ring (bicyclic) bond motifs is 1. The highest BCUT2D eigenvalue weighted by atomic mass is 19.1. The Bertz CT molecular complexity index is 1280. The summed E-state index contributed by atoms with van der Waals surface area (Å²) in [5.74, 6) is 2.42. The van der Waals surface area contributed by atoms with Crippen molar-refractivity contribution in [2.24, 2.45) is 0 Å². The van der Waals surface area contributed by atoms with E-state index >= 15 is 0 Å². The highest BCUT2D eigenvalue weighted by molar-refractivity contribution is 5.96. The van der Waals surface area contributed by atoms with Crippen LogP contribution in [0.3, 0.4) is 0 Å². The third-order valence-corrected chi connectivity index (χ3v) is 7.10. The van der Waals surface area contributed by atoms with E-state index < -0.39 is 17.4 Å². The van der Waals surface area contributed by atoms with Crippen LogP contribution in [0.2, 0.25) is 0 Å². The number of nitrogens with zero attached hydrogens (tertiary/aromatic N) is 6. The molecule has 5 heterocycles. The summed E-state index contributed by atoms with van der Waals surface area (Å²) >= 11 is 0. The molecule has 0 radical (unpaired) electrons. The van der Waals surface area contributed by atoms with Crippen molar-refractivity contribution in [1.82, 2.24) is 19.9 Å². The lowest BCUT2D eigenvalue weighted by molar-refractivity contribution is -0.00860. The second kappa shape index (κ2) is 9.60. The van der Waals surface area contributed by atoms with Gasteiger partial charge in [0.05, 0.1) is 32.3 Å². The molecule has 0 aliphatic carbocycles. The first-order valence-corrected chi connectivity index (χ1v) is 12.5. The average Bonchev–Trinajstić information content (AvgIpc) is 2.83. The van der Waals surface area contributed by atoms with Gasteiger partial charge in [-0.05, 0) is 42.3 Å². The molecule has 2 saturated heterocycles. The van der Waals surface area contributed by atoms with Crippen LogP contribution in [-0.2, 0) is 4.74 Å². The molecule has 3 aromatic heterocycles. The molecule has 2 N–H and O–H groups in total. The van der Waals surface area contributed by atoms with Crippen molar-refractivity contribution >= 4 is 34.2 Å². The predicted molar refractivity (Wildman–Crippen MR) is 139 cm³/mol. The largest absolute Gasteiger partial charge is 0.390 e. The summed E-state index contributed by atoms with van der Waals surface area (Å²) in [6.07, 6.45) is 4.52. The van der Waals surface area contributed by atoms with Gasteiger partial charge in [-0.1, -0.05) is 13.8 Å². The molecule has 0 amide bonds. The topological polar surface area (TPSA) is 99.5 Å². The zero-order valence-corrected chi connectivity index (χ0v) is 21.6. The predicted octanol–water partition coefficient (Wildman–Crippen LogP) is 3.76. The fourth-order valence-electron chi connectivity index (χ4n) is 5.07. The molecule has 2 fully saturated rings. The normalized spacial score (nSPS) is 23.4. The van der Waals surface area contributed by atoms with E-state index in [-0.39, 0.29) is 32.2 Å². The van der Waals surface area contributed by atoms with Gasteiger partial charge < -0.3 is 25.0 Å². The Kier molecular flexibility index (Phi) is 6.61. The molecule has 2 atom stereocenters. The monoisotopic (exact) mass is 513 g/mol. The number of anilines is 4. The lowest BCUT2D eigenvalue weighted by Gasteiger charge is -2.45. The molecule has 11 heteroatoms. The van der Waals surface area contributed by atoms with Gasteiger partial charge in [-0.15, -0.1) is 0 Å². The molecule has 9 nitrogen and oxygen atoms in total. The van der Waals surface area contributed by atoms with E-state index in [2.05, 4.69) is 39.1 Å². The summed E-state index contributed by atoms with van der Waals surface area (Å²) in [5.41, 5.74) is -2.04. The van der Waals surface area contributed by atoms with Gasteiger partial charge in [0.25, 0.3) is 0 Å². The van der Waals surface area contributed by atoms with E-state index in [9.17, 15) is 13.9 Å². The molecule has 0 bridgehead atoms. The van der Waals surface area contributed by atoms with Crippen molar-refractivity contribution in [3.05, 3.63) is 36.3 Å². The van der Waals surface area contributed by atoms with Gasteiger partial charge in [0, 0.05) is 37.6 Å². The lowest BCUT2D eigenvalue weighted by Crippen LogP contribution is -2.61. The standard InChI is InChI=1S/C26H33F2N7O2/c1-16(2)18-10-31-23(35-13-26(28,14-35)15-37-4)19-11-30-22(9-17(18)19)32-21-5-7-29-24(33-21)34-8-6-20(36)25(3,27)12-34/h5,7,9-11,16,20,36H,6,8,12-15H2,1-4H3,(H,29,30,32,33)/t20-,25+/m1/s1. The zero-order valence-electron chi connectivity index (χ0n) is 21.6. The third-order valence-electron chi connectivity index (χ3n) is 7.10. The molecule has 2 aliphatic rings. The van der Waals surface area contributed by atoms with Gasteiger partial charge in [-0.3, -0.25) is 0 Å². The molecular formula is C26H33F2N7O2. The highest BCUT2D eigenvalue weighted by Crippen LogP contribution is 2.37. The number of aliphatic hydroxyl groups is 1. The van der Waals surface area contributed by atoms with Crippen molar-refractivity contribution in [2.45, 2.75) is 50.6 Å². The summed E-state index contributed by atoms with van der Waals surface area (Å²) in [7, 11) is 1.50. The number of alkyl halides is 2. The molecule has 5 rings (SSSR count). The number of hydrogen-bond acceptors (Lipinski definition) is 9. The minimum atomic E-state index is -1.73. The summed E-state index contributed by atoms with van der Waals surface area (Å²) in [5, 5.41) is 15.0. The first kappa shape index (κ1) is 25.5. The first-order chi connectivity index (χ1) is 17.6. The SMILES string of the molecule is COCC1(F)CN(c2ncc(C(C)C)c3cc(Nc4ccnc(N5CC[C@@H](O)[C@@](C)(F)C5)n4)ncc23)C1. The Balaban J connectivity index is 1.41. The second-order valence-electron chi connectivity index (χ2n) is 10.6. The Hall–Kier alpha value is -3.18. The average molecular weight is 514 g/mol. The van der Waals surface area contributed by atoms with E-state index in [1.54, 1.807) is 23.4 Å². The summed E-state index contributed by atoms with van der Waals surface area (Å²) in [4.78, 5) is 21.8. The van der Waals surface area contributed by atoms with Gasteiger partial charge >= 0.3 is 0 Å². The van der Waals surface area contributed by atoms with E-state index in [4.69, 9.17) is 4.74 Å². The number of aromatic nitrogens is 4. The Labute approximate surface area is 214 Å². The number of halogens is 2. The van der Waals surface area contributed by atoms with E-state index in [1.165, 1.54) is 14.0 Å². The number of rotatable bonds is 7. The van der Waals surface area contributed by atoms with Gasteiger partial charge in [0.15, 0.2) is 11.3 Å². The minimum Gasteiger partial charge on any atom is -0.390 e. The Morgan fingerprint density at radius 3 is 2.59 bits per heavy atom. The third kappa shape index (κ3) is 5.02. The summed E-state index contributed by atoms with van der Waals surface area (Å²) in [6.45, 7) is 6.57. The number of methoxy groups -OCH3 is 1. The molecule has 2 aliphatic heterocycles. The number of ether oxygens (including phenoxy) is 1. The molecule has 198 valence electrons. The fourth-order valence-corrected chi connectivity index (χ4v) is 5.07. The van der Waals surface area contributed by atoms with Crippen LogP contribution in [0.15, 0.2) is 30.7 Å². The first-order valence-electron chi connectivity index (χ1n) is 12.5. The maximum Gasteiger partial charge on any atom is 0.227 e. The van der Waals surface area contributed by atoms with Gasteiger partial charge in [0.2, 0.25) is 5.95 Å². The summed E-state index contributed by atoms with van der Waals surface area (Å²) < 4.78 is 34.4. The van der Waals surface area contributed by atoms with Crippen LogP contribution < -0.4 is 15.1 Å². The number of aliphatic hydroxyl groups excluding tert-OH is 1. The van der Waals surface area contributed by atoms with Gasteiger partial charge in [-0.2, -0.15) is 4.98 Å². The Morgan fingerprint density at radius 2 is 1.89 bits per heavy atom. The maximum atomic E-state index is 14.7. The minimum absolute atomic E-state index is 0.0143. The van der Waals surface area contributed by atoms with Crippen LogP contribution >= 0.6 is 0 Å². The van der Waals surface area contributed by atoms with Crippen molar-refractivity contribution < 1.29 is 18.6 Å². The van der Waals surface area contributed by atoms with E-state index in [0.29, 0.717) is 36.4 Å². The Morgan fingerprint density at radius 1 is 1.11 bits per heavy atom. The molecule has 0 unspecified atom stereocenters. The van der Waals surface area contributed by atoms with Crippen molar-refractivity contribution in [3.8, 4) is 0 Å². The quantitative estimate of drug-likeness (QED) is 0.489. The van der Waals surface area contributed by atoms with Gasteiger partial charge in [-0.25, -0.2) is 23.7 Å². The van der Waals surface area contributed by atoms with E-state index in [0.717, 1.165) is 16.3 Å². The zero-order chi connectivity index (χ0) is 26.4. The number of nitrogens with one attached hydrogen (secondary N) is 1. The second-order valence-corrected chi connectivity index (χ2v) is 10.6. The fraction of sp³-hybridized carbons (Fsp3) is 0.538. The smallest absolute Gasteiger partial charge is 0.227 e. The van der Waals surface area contributed by atoms with Crippen LogP contribution in [0.1, 0.15) is 38.7 Å². The molecule has 0 aromatic carbocycles. The van der Waals surface area contributed by atoms with Crippen molar-refractivity contribution in [3.63, 3.8) is 0 Å². The summed E-state index contributed by atoms with van der Waals surface area (Å²) in [6, 6.07) is 3.67. The van der Waals surface area contributed by atoms with Crippen LogP contribution in [0.5, 0.6) is 0 Å². The highest BCUT2D eigenvalue weighted by Gasteiger charge is 2.45. The lowest BCUT2D eigenvalue weighted by atomic mass is 9.94. The van der Waals surface area contributed by atoms with Crippen LogP contribution in [0.25, 0.3) is 10.8 Å². The van der Waals surface area contributed by atoms with Crippen LogP contribution in [-0.4, -0.2) is 82.4 Å². The molecule has 0 saturated carbocycles. The van der Waals surface area contributed by atoms with Crippen molar-refractivity contribution in [2.75, 3.05) is 55.0 Å². The molecule has 0 spiro atoms. The van der Waals surface area contributed by atoms with E-state index in [1.807, 2.05) is 17.2 Å². The van der Waals surface area contributed by atoms with Gasteiger partial charge in [0.1, 0.15) is 17.5 Å². The number of piperidine rings is 1. The molecule has 3 aromatic rings. The maximum absolute atomic E-state index is 14.7.